The fraction of sp³-hybridized carbons (Fsp3) is 0.647. The van der Waals surface area contributed by atoms with Gasteiger partial charge < -0.3 is 10.2 Å². The molecule has 21 heavy (non-hydrogen) atoms. The van der Waals surface area contributed by atoms with Crippen molar-refractivity contribution in [3.8, 4) is 0 Å². The lowest BCUT2D eigenvalue weighted by molar-refractivity contribution is 0.171. The normalized spacial score (nSPS) is 18.0. The van der Waals surface area contributed by atoms with Crippen molar-refractivity contribution in [2.75, 3.05) is 44.2 Å². The van der Waals surface area contributed by atoms with Crippen LogP contribution in [0.1, 0.15) is 26.7 Å². The van der Waals surface area contributed by atoms with E-state index in [1.165, 1.54) is 12.8 Å². The van der Waals surface area contributed by atoms with Gasteiger partial charge in [0.2, 0.25) is 0 Å². The predicted molar refractivity (Wildman–Crippen MR) is 87.4 cm³/mol. The summed E-state index contributed by atoms with van der Waals surface area (Å²) in [6.45, 7) is 10.3. The number of nitrogens with one attached hydrogen (secondary N) is 1. The molecule has 0 amide bonds. The quantitative estimate of drug-likeness (QED) is 0.834. The highest BCUT2D eigenvalue weighted by Crippen LogP contribution is 2.21. The van der Waals surface area contributed by atoms with Crippen molar-refractivity contribution in [1.82, 2.24) is 10.2 Å². The maximum Gasteiger partial charge on any atom is 0.146 e. The lowest BCUT2D eigenvalue weighted by atomic mass is 10.1. The molecule has 1 aromatic rings. The Labute approximate surface area is 128 Å². The molecule has 1 aliphatic rings. The number of hydrogen-bond donors (Lipinski definition) is 1. The number of nitrogens with zero attached hydrogens (tertiary/aromatic N) is 2. The first-order valence-corrected chi connectivity index (χ1v) is 8.20. The zero-order chi connectivity index (χ0) is 15.1. The van der Waals surface area contributed by atoms with Crippen LogP contribution >= 0.6 is 0 Å². The van der Waals surface area contributed by atoms with Crippen LogP contribution in [0.4, 0.5) is 10.1 Å². The second kappa shape index (κ2) is 8.35. The number of piperazine rings is 1. The lowest BCUT2D eigenvalue weighted by Crippen LogP contribution is -2.53. The molecule has 1 fully saturated rings. The second-order valence-corrected chi connectivity index (χ2v) is 5.72. The minimum atomic E-state index is -0.108. The molecule has 1 atom stereocenters. The summed E-state index contributed by atoms with van der Waals surface area (Å²) in [4.78, 5) is 4.73. The molecule has 1 heterocycles. The summed E-state index contributed by atoms with van der Waals surface area (Å²) in [6.07, 6.45) is 2.44. The first-order valence-electron chi connectivity index (χ1n) is 8.20. The maximum atomic E-state index is 13.9. The Kier molecular flexibility index (Phi) is 6.46. The molecule has 1 saturated heterocycles. The monoisotopic (exact) mass is 293 g/mol. The van der Waals surface area contributed by atoms with Crippen molar-refractivity contribution in [2.24, 2.45) is 0 Å². The van der Waals surface area contributed by atoms with Crippen molar-refractivity contribution >= 4 is 5.69 Å². The average Bonchev–Trinajstić information content (AvgIpc) is 2.52. The summed E-state index contributed by atoms with van der Waals surface area (Å²) >= 11 is 0. The van der Waals surface area contributed by atoms with Crippen LogP contribution in [0.3, 0.4) is 0 Å². The summed E-state index contributed by atoms with van der Waals surface area (Å²) in [5.74, 6) is -0.108. The molecule has 0 aliphatic carbocycles. The van der Waals surface area contributed by atoms with Gasteiger partial charge in [0.05, 0.1) is 5.69 Å². The number of benzene rings is 1. The Bertz CT molecular complexity index is 416. The number of anilines is 1. The van der Waals surface area contributed by atoms with E-state index in [9.17, 15) is 4.39 Å². The minimum absolute atomic E-state index is 0.108. The molecule has 1 unspecified atom stereocenters. The lowest BCUT2D eigenvalue weighted by Gasteiger charge is -2.40. The van der Waals surface area contributed by atoms with Crippen molar-refractivity contribution in [3.05, 3.63) is 30.1 Å². The summed E-state index contributed by atoms with van der Waals surface area (Å²) in [5, 5.41) is 3.47. The molecule has 0 aromatic heterocycles. The number of likely N-dealkylation sites (N-methyl/N-ethyl adjacent to an activating group) is 1. The Hall–Kier alpha value is -1.13. The van der Waals surface area contributed by atoms with Crippen LogP contribution in [-0.4, -0.2) is 50.2 Å². The molecule has 0 saturated carbocycles. The number of hydrogen-bond acceptors (Lipinski definition) is 3. The van der Waals surface area contributed by atoms with E-state index in [0.29, 0.717) is 6.04 Å². The van der Waals surface area contributed by atoms with Crippen LogP contribution in [-0.2, 0) is 0 Å². The van der Waals surface area contributed by atoms with E-state index in [1.807, 2.05) is 12.1 Å². The molecule has 1 N–H and O–H groups in total. The third-order valence-electron chi connectivity index (χ3n) is 4.28. The molecule has 1 aliphatic heterocycles. The number of halogens is 1. The molecule has 4 heteroatoms. The molecular formula is C17H28FN3. The summed E-state index contributed by atoms with van der Waals surface area (Å²) < 4.78 is 13.9. The van der Waals surface area contributed by atoms with Crippen LogP contribution in [0, 0.1) is 5.82 Å². The zero-order valence-corrected chi connectivity index (χ0v) is 13.3. The fourth-order valence-electron chi connectivity index (χ4n) is 3.09. The van der Waals surface area contributed by atoms with Gasteiger partial charge in [0.15, 0.2) is 0 Å². The summed E-state index contributed by atoms with van der Waals surface area (Å²) in [7, 11) is 0. The van der Waals surface area contributed by atoms with E-state index in [0.717, 1.165) is 45.0 Å². The molecular weight excluding hydrogens is 265 g/mol. The molecule has 118 valence electrons. The van der Waals surface area contributed by atoms with E-state index in [1.54, 1.807) is 12.1 Å². The number of para-hydroxylation sites is 1. The van der Waals surface area contributed by atoms with E-state index >= 15 is 0 Å². The third-order valence-corrected chi connectivity index (χ3v) is 4.28. The highest BCUT2D eigenvalue weighted by Gasteiger charge is 2.24. The second-order valence-electron chi connectivity index (χ2n) is 5.72. The van der Waals surface area contributed by atoms with Crippen molar-refractivity contribution in [3.63, 3.8) is 0 Å². The first kappa shape index (κ1) is 16.2. The van der Waals surface area contributed by atoms with Gasteiger partial charge >= 0.3 is 0 Å². The Morgan fingerprint density at radius 3 is 2.48 bits per heavy atom. The van der Waals surface area contributed by atoms with Gasteiger partial charge in [-0.2, -0.15) is 0 Å². The smallest absolute Gasteiger partial charge is 0.146 e. The Morgan fingerprint density at radius 2 is 1.86 bits per heavy atom. The standard InChI is InChI=1S/C17H28FN3/c1-3-7-15(14-19-4-2)20-10-12-21(13-11-20)17-9-6-5-8-16(17)18/h5-6,8-9,15,19H,3-4,7,10-14H2,1-2H3. The van der Waals surface area contributed by atoms with Crippen LogP contribution < -0.4 is 10.2 Å². The maximum absolute atomic E-state index is 13.9. The zero-order valence-electron chi connectivity index (χ0n) is 13.3. The van der Waals surface area contributed by atoms with Crippen molar-refractivity contribution < 1.29 is 4.39 Å². The van der Waals surface area contributed by atoms with Crippen molar-refractivity contribution in [1.29, 1.82) is 0 Å². The van der Waals surface area contributed by atoms with Crippen LogP contribution in [0.25, 0.3) is 0 Å². The van der Waals surface area contributed by atoms with E-state index in [2.05, 4.69) is 29.0 Å². The summed E-state index contributed by atoms with van der Waals surface area (Å²) in [5.41, 5.74) is 0.746. The largest absolute Gasteiger partial charge is 0.367 e. The summed E-state index contributed by atoms with van der Waals surface area (Å²) in [6, 6.07) is 7.70. The van der Waals surface area contributed by atoms with Crippen molar-refractivity contribution in [2.45, 2.75) is 32.7 Å². The van der Waals surface area contributed by atoms with Gasteiger partial charge in [-0.1, -0.05) is 32.4 Å². The van der Waals surface area contributed by atoms with Crippen LogP contribution in [0.5, 0.6) is 0 Å². The van der Waals surface area contributed by atoms with Gasteiger partial charge in [-0.15, -0.1) is 0 Å². The Balaban J connectivity index is 1.91. The molecule has 0 bridgehead atoms. The van der Waals surface area contributed by atoms with E-state index in [-0.39, 0.29) is 5.82 Å². The van der Waals surface area contributed by atoms with Gasteiger partial charge in [0, 0.05) is 38.8 Å². The highest BCUT2D eigenvalue weighted by atomic mass is 19.1. The molecule has 0 spiro atoms. The van der Waals surface area contributed by atoms with Gasteiger partial charge in [0.25, 0.3) is 0 Å². The first-order chi connectivity index (χ1) is 10.3. The van der Waals surface area contributed by atoms with Crippen LogP contribution in [0.2, 0.25) is 0 Å². The van der Waals surface area contributed by atoms with Gasteiger partial charge in [-0.05, 0) is 25.1 Å². The highest BCUT2D eigenvalue weighted by molar-refractivity contribution is 5.48. The van der Waals surface area contributed by atoms with Gasteiger partial charge in [-0.25, -0.2) is 4.39 Å². The van der Waals surface area contributed by atoms with Crippen LogP contribution in [0.15, 0.2) is 24.3 Å². The van der Waals surface area contributed by atoms with E-state index in [4.69, 9.17) is 0 Å². The van der Waals surface area contributed by atoms with E-state index < -0.39 is 0 Å². The molecule has 3 nitrogen and oxygen atoms in total. The van der Waals surface area contributed by atoms with Gasteiger partial charge in [-0.3, -0.25) is 4.90 Å². The topological polar surface area (TPSA) is 18.5 Å². The predicted octanol–water partition coefficient (Wildman–Crippen LogP) is 2.73. The third kappa shape index (κ3) is 4.42. The Morgan fingerprint density at radius 1 is 1.14 bits per heavy atom. The minimum Gasteiger partial charge on any atom is -0.367 e. The number of rotatable bonds is 7. The SMILES string of the molecule is CCCC(CNCC)N1CCN(c2ccccc2F)CC1. The molecule has 2 rings (SSSR count). The van der Waals surface area contributed by atoms with Gasteiger partial charge in [0.1, 0.15) is 5.82 Å². The average molecular weight is 293 g/mol. The molecule has 1 aromatic carbocycles. The fourth-order valence-corrected chi connectivity index (χ4v) is 3.09. The molecule has 0 radical (unpaired) electrons.